The Morgan fingerprint density at radius 1 is 1.14 bits per heavy atom. The van der Waals surface area contributed by atoms with Crippen molar-refractivity contribution in [1.29, 1.82) is 0 Å². The number of nitrogens with one attached hydrogen (secondary N) is 1. The third kappa shape index (κ3) is 3.01. The van der Waals surface area contributed by atoms with Gasteiger partial charge >= 0.3 is 0 Å². The molecule has 5 nitrogen and oxygen atoms in total. The summed E-state index contributed by atoms with van der Waals surface area (Å²) in [6.07, 6.45) is 3.39. The Kier molecular flexibility index (Phi) is 5.19. The quantitative estimate of drug-likeness (QED) is 0.891. The molecule has 0 aliphatic heterocycles. The highest BCUT2D eigenvalue weighted by Gasteiger charge is 2.49. The molecular formula is C16H23ClN2O3. The largest absolute Gasteiger partial charge is 0.497 e. The van der Waals surface area contributed by atoms with Crippen LogP contribution < -0.4 is 20.5 Å². The number of hydrogen-bond acceptors (Lipinski definition) is 4. The fourth-order valence-corrected chi connectivity index (χ4v) is 3.83. The summed E-state index contributed by atoms with van der Waals surface area (Å²) in [6, 6.07) is 5.35. The van der Waals surface area contributed by atoms with Crippen LogP contribution in [0.1, 0.15) is 19.3 Å². The van der Waals surface area contributed by atoms with Crippen molar-refractivity contribution in [3.8, 4) is 11.5 Å². The molecule has 3 rings (SSSR count). The standard InChI is InChI=1S/C16H22N2O3.ClH/c1-20-12-6-11(7-13(8-12)21-2)18-16(19)14-9-3-4-10(5-9)15(14)17;/h6-10,14-15H,3-5,17H2,1-2H3,(H,18,19);1H. The van der Waals surface area contributed by atoms with Crippen LogP contribution in [-0.2, 0) is 4.79 Å². The Hall–Kier alpha value is -1.46. The molecule has 1 aromatic carbocycles. The topological polar surface area (TPSA) is 73.6 Å². The molecule has 0 radical (unpaired) electrons. The summed E-state index contributed by atoms with van der Waals surface area (Å²) in [5, 5.41) is 2.97. The van der Waals surface area contributed by atoms with Gasteiger partial charge in [0.1, 0.15) is 11.5 Å². The van der Waals surface area contributed by atoms with Gasteiger partial charge in [0, 0.05) is 29.9 Å². The molecule has 0 spiro atoms. The lowest BCUT2D eigenvalue weighted by molar-refractivity contribution is -0.121. The highest BCUT2D eigenvalue weighted by molar-refractivity contribution is 5.94. The van der Waals surface area contributed by atoms with E-state index in [-0.39, 0.29) is 30.3 Å². The summed E-state index contributed by atoms with van der Waals surface area (Å²) in [4.78, 5) is 12.5. The number of benzene rings is 1. The predicted molar refractivity (Wildman–Crippen MR) is 87.7 cm³/mol. The van der Waals surface area contributed by atoms with Crippen molar-refractivity contribution in [2.75, 3.05) is 19.5 Å². The summed E-state index contributed by atoms with van der Waals surface area (Å²) in [5.74, 6) is 2.22. The summed E-state index contributed by atoms with van der Waals surface area (Å²) >= 11 is 0. The third-order valence-corrected chi connectivity index (χ3v) is 4.90. The minimum atomic E-state index is -0.0686. The Labute approximate surface area is 137 Å². The summed E-state index contributed by atoms with van der Waals surface area (Å²) in [6.45, 7) is 0. The molecule has 2 fully saturated rings. The fourth-order valence-electron chi connectivity index (χ4n) is 3.83. The number of ether oxygens (including phenoxy) is 2. The number of carbonyl (C=O) groups excluding carboxylic acids is 1. The smallest absolute Gasteiger partial charge is 0.229 e. The number of amides is 1. The van der Waals surface area contributed by atoms with Gasteiger partial charge in [-0.05, 0) is 31.1 Å². The number of nitrogens with two attached hydrogens (primary N) is 1. The van der Waals surface area contributed by atoms with E-state index in [1.807, 2.05) is 0 Å². The second kappa shape index (κ2) is 6.75. The first kappa shape index (κ1) is 16.9. The van der Waals surface area contributed by atoms with Crippen molar-refractivity contribution in [2.24, 2.45) is 23.5 Å². The molecule has 2 bridgehead atoms. The Bertz CT molecular complexity index is 528. The third-order valence-electron chi connectivity index (χ3n) is 4.90. The van der Waals surface area contributed by atoms with Crippen molar-refractivity contribution < 1.29 is 14.3 Å². The number of fused-ring (bicyclic) bond motifs is 2. The van der Waals surface area contributed by atoms with Gasteiger partial charge in [-0.15, -0.1) is 12.4 Å². The lowest BCUT2D eigenvalue weighted by atomic mass is 9.84. The van der Waals surface area contributed by atoms with E-state index >= 15 is 0 Å². The van der Waals surface area contributed by atoms with Crippen LogP contribution in [0.5, 0.6) is 11.5 Å². The molecule has 6 heteroatoms. The zero-order valence-electron chi connectivity index (χ0n) is 12.9. The van der Waals surface area contributed by atoms with E-state index < -0.39 is 0 Å². The van der Waals surface area contributed by atoms with E-state index in [0.717, 1.165) is 12.8 Å². The first-order valence-corrected chi connectivity index (χ1v) is 7.42. The summed E-state index contributed by atoms with van der Waals surface area (Å²) in [7, 11) is 3.18. The lowest BCUT2D eigenvalue weighted by Gasteiger charge is -2.27. The predicted octanol–water partition coefficient (Wildman–Crippen LogP) is 2.44. The molecule has 2 aliphatic carbocycles. The molecule has 1 aromatic rings. The molecule has 1 amide bonds. The van der Waals surface area contributed by atoms with Crippen LogP contribution in [0.2, 0.25) is 0 Å². The van der Waals surface area contributed by atoms with Crippen LogP contribution in [0.3, 0.4) is 0 Å². The number of halogens is 1. The van der Waals surface area contributed by atoms with Gasteiger partial charge in [0.05, 0.1) is 20.1 Å². The monoisotopic (exact) mass is 326 g/mol. The first-order chi connectivity index (χ1) is 10.1. The maximum Gasteiger partial charge on any atom is 0.229 e. The molecule has 22 heavy (non-hydrogen) atoms. The van der Waals surface area contributed by atoms with Gasteiger partial charge in [0.25, 0.3) is 0 Å². The maximum absolute atomic E-state index is 12.5. The second-order valence-electron chi connectivity index (χ2n) is 6.03. The molecule has 4 unspecified atom stereocenters. The van der Waals surface area contributed by atoms with Crippen LogP contribution >= 0.6 is 12.4 Å². The highest BCUT2D eigenvalue weighted by atomic mass is 35.5. The van der Waals surface area contributed by atoms with Crippen LogP contribution in [0.25, 0.3) is 0 Å². The summed E-state index contributed by atoms with van der Waals surface area (Å²) in [5.41, 5.74) is 6.91. The molecule has 0 aromatic heterocycles. The molecule has 122 valence electrons. The van der Waals surface area contributed by atoms with Gasteiger partial charge in [-0.1, -0.05) is 0 Å². The first-order valence-electron chi connectivity index (χ1n) is 7.42. The van der Waals surface area contributed by atoms with Gasteiger partial charge in [-0.25, -0.2) is 0 Å². The van der Waals surface area contributed by atoms with E-state index in [1.165, 1.54) is 6.42 Å². The minimum absolute atomic E-state index is 0. The fraction of sp³-hybridized carbons (Fsp3) is 0.562. The van der Waals surface area contributed by atoms with E-state index in [4.69, 9.17) is 15.2 Å². The van der Waals surface area contributed by atoms with Crippen molar-refractivity contribution in [2.45, 2.75) is 25.3 Å². The molecule has 0 heterocycles. The molecule has 4 atom stereocenters. The van der Waals surface area contributed by atoms with E-state index in [2.05, 4.69) is 5.32 Å². The Morgan fingerprint density at radius 3 is 2.23 bits per heavy atom. The number of methoxy groups -OCH3 is 2. The van der Waals surface area contributed by atoms with E-state index in [1.54, 1.807) is 32.4 Å². The van der Waals surface area contributed by atoms with Crippen molar-refractivity contribution in [1.82, 2.24) is 0 Å². The zero-order chi connectivity index (χ0) is 15.0. The molecular weight excluding hydrogens is 304 g/mol. The molecule has 2 aliphatic rings. The average molecular weight is 327 g/mol. The molecule has 0 saturated heterocycles. The van der Waals surface area contributed by atoms with Crippen LogP contribution in [0.4, 0.5) is 5.69 Å². The van der Waals surface area contributed by atoms with Crippen LogP contribution in [-0.4, -0.2) is 26.2 Å². The normalized spacial score (nSPS) is 28.9. The SMILES string of the molecule is COc1cc(NC(=O)C2C3CCC(C3)C2N)cc(OC)c1.Cl. The van der Waals surface area contributed by atoms with Gasteiger partial charge in [0.15, 0.2) is 0 Å². The van der Waals surface area contributed by atoms with Gasteiger partial charge < -0.3 is 20.5 Å². The number of carbonyl (C=O) groups is 1. The van der Waals surface area contributed by atoms with Crippen molar-refractivity contribution in [3.05, 3.63) is 18.2 Å². The van der Waals surface area contributed by atoms with Crippen LogP contribution in [0, 0.1) is 17.8 Å². The van der Waals surface area contributed by atoms with Crippen molar-refractivity contribution >= 4 is 24.0 Å². The van der Waals surface area contributed by atoms with E-state index in [9.17, 15) is 4.79 Å². The number of hydrogen-bond donors (Lipinski definition) is 2. The maximum atomic E-state index is 12.5. The van der Waals surface area contributed by atoms with E-state index in [0.29, 0.717) is 29.0 Å². The summed E-state index contributed by atoms with van der Waals surface area (Å²) < 4.78 is 10.4. The Morgan fingerprint density at radius 2 is 1.73 bits per heavy atom. The Balaban J connectivity index is 0.00000176. The number of anilines is 1. The van der Waals surface area contributed by atoms with Crippen molar-refractivity contribution in [3.63, 3.8) is 0 Å². The molecule has 3 N–H and O–H groups in total. The van der Waals surface area contributed by atoms with Gasteiger partial charge in [-0.3, -0.25) is 4.79 Å². The highest BCUT2D eigenvalue weighted by Crippen LogP contribution is 2.48. The van der Waals surface area contributed by atoms with Crippen LogP contribution in [0.15, 0.2) is 18.2 Å². The van der Waals surface area contributed by atoms with Gasteiger partial charge in [-0.2, -0.15) is 0 Å². The average Bonchev–Trinajstić information content (AvgIpc) is 3.07. The lowest BCUT2D eigenvalue weighted by Crippen LogP contribution is -2.42. The minimum Gasteiger partial charge on any atom is -0.497 e. The zero-order valence-corrected chi connectivity index (χ0v) is 13.7. The molecule has 2 saturated carbocycles. The number of rotatable bonds is 4. The second-order valence-corrected chi connectivity index (χ2v) is 6.03. The van der Waals surface area contributed by atoms with Gasteiger partial charge in [0.2, 0.25) is 5.91 Å².